The highest BCUT2D eigenvalue weighted by molar-refractivity contribution is 6.85. The second-order valence-electron chi connectivity index (χ2n) is 18.7. The van der Waals surface area contributed by atoms with Crippen molar-refractivity contribution in [3.05, 3.63) is 237 Å². The highest BCUT2D eigenvalue weighted by Crippen LogP contribution is 2.41. The van der Waals surface area contributed by atoms with Gasteiger partial charge in [-0.15, -0.1) is 0 Å². The molecule has 0 radical (unpaired) electrons. The van der Waals surface area contributed by atoms with Crippen molar-refractivity contribution in [2.45, 2.75) is 44.9 Å². The van der Waals surface area contributed by atoms with Gasteiger partial charge in [0.1, 0.15) is 22.7 Å². The SMILES string of the molecule is [C-]#[N+]/C(c1nc2ccc(Cl)cc2o1)=c1\c2c(C3CCCCC3)n(B(c3ccccc3)c3ccccc3)/c(=C(/C#N)c3nc4ccc(Cl)cc4o3)c2c(-c2ccccc2C)n1B(c1ccccc1)c1ccccc1. The summed E-state index contributed by atoms with van der Waals surface area (Å²) in [7, 11) is 0. The number of aryl methyl sites for hydroxylation is 1. The molecular weight excluding hydrogens is 941 g/mol. The van der Waals surface area contributed by atoms with Gasteiger partial charge in [0.2, 0.25) is 11.8 Å². The third-order valence-corrected chi connectivity index (χ3v) is 14.8. The Morgan fingerprint density at radius 3 is 1.59 bits per heavy atom. The van der Waals surface area contributed by atoms with Crippen LogP contribution in [0.3, 0.4) is 0 Å². The van der Waals surface area contributed by atoms with Gasteiger partial charge in [0, 0.05) is 55.3 Å². The molecule has 1 aliphatic rings. The van der Waals surface area contributed by atoms with Crippen LogP contribution in [0.2, 0.25) is 10.0 Å². The van der Waals surface area contributed by atoms with E-state index in [4.69, 9.17) is 42.0 Å². The summed E-state index contributed by atoms with van der Waals surface area (Å²) in [6.07, 6.45) is 4.90. The van der Waals surface area contributed by atoms with Gasteiger partial charge in [-0.05, 0) is 55.5 Å². The Hall–Kier alpha value is -8.27. The van der Waals surface area contributed by atoms with E-state index in [0.29, 0.717) is 42.9 Å². The van der Waals surface area contributed by atoms with E-state index < -0.39 is 13.7 Å². The summed E-state index contributed by atoms with van der Waals surface area (Å²) < 4.78 is 18.2. The Labute approximate surface area is 433 Å². The maximum Gasteiger partial charge on any atom is 0.327 e. The van der Waals surface area contributed by atoms with Crippen molar-refractivity contribution in [2.75, 3.05) is 0 Å². The number of oxazole rings is 2. The largest absolute Gasteiger partial charge is 0.447 e. The number of nitriles is 1. The van der Waals surface area contributed by atoms with Gasteiger partial charge < -0.3 is 17.8 Å². The van der Waals surface area contributed by atoms with Crippen molar-refractivity contribution in [2.24, 2.45) is 0 Å². The first-order valence-electron chi connectivity index (χ1n) is 24.6. The van der Waals surface area contributed by atoms with Crippen molar-refractivity contribution in [1.29, 1.82) is 5.26 Å². The molecule has 4 heterocycles. The van der Waals surface area contributed by atoms with Gasteiger partial charge in [-0.25, -0.2) is 14.8 Å². The predicted octanol–water partition coefficient (Wildman–Crippen LogP) is 11.2. The van der Waals surface area contributed by atoms with Crippen molar-refractivity contribution in [1.82, 2.24) is 18.9 Å². The van der Waals surface area contributed by atoms with Gasteiger partial charge in [-0.2, -0.15) is 5.26 Å². The normalized spacial score (nSPS) is 13.8. The molecule has 350 valence electrons. The zero-order chi connectivity index (χ0) is 49.6. The molecule has 0 aliphatic heterocycles. The summed E-state index contributed by atoms with van der Waals surface area (Å²) in [4.78, 5) is 14.7. The average molecular weight is 986 g/mol. The Morgan fingerprint density at radius 1 is 0.603 bits per heavy atom. The molecule has 1 fully saturated rings. The van der Waals surface area contributed by atoms with Crippen LogP contribution in [-0.2, 0) is 0 Å². The number of rotatable bonds is 10. The highest BCUT2D eigenvalue weighted by Gasteiger charge is 2.39. The molecule has 0 amide bonds. The van der Waals surface area contributed by atoms with Crippen molar-refractivity contribution in [3.8, 4) is 17.3 Å². The Kier molecular flexibility index (Phi) is 12.2. The van der Waals surface area contributed by atoms with Crippen LogP contribution in [-0.4, -0.2) is 32.6 Å². The molecule has 73 heavy (non-hydrogen) atoms. The van der Waals surface area contributed by atoms with Gasteiger partial charge in [-0.3, -0.25) is 0 Å². The minimum Gasteiger partial charge on any atom is -0.447 e. The zero-order valence-corrected chi connectivity index (χ0v) is 41.4. The van der Waals surface area contributed by atoms with Crippen molar-refractivity contribution in [3.63, 3.8) is 0 Å². The number of fused-ring (bicyclic) bond motifs is 3. The van der Waals surface area contributed by atoms with Crippen molar-refractivity contribution < 1.29 is 8.83 Å². The smallest absolute Gasteiger partial charge is 0.327 e. The number of halogens is 2. The standard InChI is InChI=1S/C61H44B2Cl2N6O2/c1-39-20-18-19-31-47(39)57-54-53(59(55(67-2)61-69-50-35-33-46(65)37-52(50)73-61)71(57)63(43-27-14-6-15-28-43)44-29-16-7-17-30-44)56(40-21-8-3-9-22-40)70(62(41-23-10-4-11-24-41)42-25-12-5-13-26-42)58(54)48(38-66)60-68-49-34-32-45(64)36-51(49)72-60/h4-7,10-20,23-37,40H,3,8-9,21-22H2,1H3/b58-48-,59-55+. The third-order valence-electron chi connectivity index (χ3n) is 14.4. The van der Waals surface area contributed by atoms with E-state index in [2.05, 4.69) is 142 Å². The molecule has 1 aliphatic carbocycles. The van der Waals surface area contributed by atoms with Crippen molar-refractivity contribution >= 4 is 103 Å². The summed E-state index contributed by atoms with van der Waals surface area (Å²) in [5.74, 6) is 0.312. The summed E-state index contributed by atoms with van der Waals surface area (Å²) >= 11 is 13.2. The van der Waals surface area contributed by atoms with Crippen LogP contribution in [0.1, 0.15) is 61.1 Å². The van der Waals surface area contributed by atoms with Crippen LogP contribution in [0.15, 0.2) is 191 Å². The number of benzene rings is 7. The first kappa shape index (κ1) is 45.8. The van der Waals surface area contributed by atoms with Crippen LogP contribution < -0.4 is 32.5 Å². The second kappa shape index (κ2) is 19.4. The van der Waals surface area contributed by atoms with Gasteiger partial charge in [0.05, 0.1) is 11.9 Å². The summed E-state index contributed by atoms with van der Waals surface area (Å²) in [5.41, 5.74) is 10.3. The quantitative estimate of drug-likeness (QED) is 0.101. The van der Waals surface area contributed by atoms with Gasteiger partial charge >= 0.3 is 13.7 Å². The number of nitrogens with zero attached hydrogens (tertiary/aromatic N) is 6. The van der Waals surface area contributed by atoms with E-state index in [9.17, 15) is 11.8 Å². The molecular formula is C61H44B2Cl2N6O2. The van der Waals surface area contributed by atoms with Gasteiger partial charge in [0.15, 0.2) is 11.2 Å². The van der Waals surface area contributed by atoms with Crippen LogP contribution in [0.5, 0.6) is 0 Å². The summed E-state index contributed by atoms with van der Waals surface area (Å²) in [6.45, 7) is 10.6. The minimum atomic E-state index is -0.508. The molecule has 0 atom stereocenters. The summed E-state index contributed by atoms with van der Waals surface area (Å²) in [6, 6.07) is 63.7. The lowest BCUT2D eigenvalue weighted by atomic mass is 9.49. The highest BCUT2D eigenvalue weighted by atomic mass is 35.5. The average Bonchev–Trinajstić information content (AvgIpc) is 4.21. The Morgan fingerprint density at radius 2 is 1.08 bits per heavy atom. The second-order valence-corrected chi connectivity index (χ2v) is 19.6. The monoisotopic (exact) mass is 984 g/mol. The van der Waals surface area contributed by atoms with E-state index in [1.165, 1.54) is 0 Å². The maximum absolute atomic E-state index is 12.1. The van der Waals surface area contributed by atoms with E-state index in [-0.39, 0.29) is 29.0 Å². The molecule has 0 spiro atoms. The predicted molar refractivity (Wildman–Crippen MR) is 297 cm³/mol. The lowest BCUT2D eigenvalue weighted by Gasteiger charge is -2.29. The van der Waals surface area contributed by atoms with Crippen LogP contribution in [0, 0.1) is 24.8 Å². The molecule has 0 bridgehead atoms. The third kappa shape index (κ3) is 8.14. The van der Waals surface area contributed by atoms with Gasteiger partial charge in [-0.1, -0.05) is 210 Å². The van der Waals surface area contributed by atoms with E-state index in [0.717, 1.165) is 87.2 Å². The lowest BCUT2D eigenvalue weighted by Crippen LogP contribution is -2.55. The molecule has 4 aromatic heterocycles. The molecule has 7 aromatic carbocycles. The molecule has 1 saturated carbocycles. The minimum absolute atomic E-state index is 0.0112. The number of hydrogen-bond acceptors (Lipinski definition) is 5. The van der Waals surface area contributed by atoms with Crippen LogP contribution in [0.4, 0.5) is 0 Å². The Balaban J connectivity index is 1.43. The zero-order valence-electron chi connectivity index (χ0n) is 39.8. The fourth-order valence-corrected chi connectivity index (χ4v) is 11.6. The van der Waals surface area contributed by atoms with Crippen LogP contribution in [0.25, 0.3) is 60.3 Å². The maximum atomic E-state index is 12.1. The molecule has 12 heteroatoms. The fraction of sp³-hybridized carbons (Fsp3) is 0.115. The van der Waals surface area contributed by atoms with Gasteiger partial charge in [0.25, 0.3) is 5.70 Å². The molecule has 8 nitrogen and oxygen atoms in total. The lowest BCUT2D eigenvalue weighted by molar-refractivity contribution is 0.436. The molecule has 12 rings (SSSR count). The number of hydrogen-bond donors (Lipinski definition) is 0. The molecule has 0 N–H and O–H groups in total. The number of aromatic nitrogens is 4. The Bertz CT molecular complexity index is 3910. The fourth-order valence-electron chi connectivity index (χ4n) is 11.2. The molecule has 11 aromatic rings. The van der Waals surface area contributed by atoms with Crippen LogP contribution >= 0.6 is 23.2 Å². The summed E-state index contributed by atoms with van der Waals surface area (Å²) in [5, 5.41) is 16.0. The molecule has 0 saturated heterocycles. The van der Waals surface area contributed by atoms with E-state index in [1.807, 2.05) is 42.5 Å². The van der Waals surface area contributed by atoms with E-state index >= 15 is 0 Å². The molecule has 0 unspecified atom stereocenters. The first-order chi connectivity index (χ1) is 35.9. The first-order valence-corrected chi connectivity index (χ1v) is 25.4. The topological polar surface area (TPSA) is 90.1 Å². The van der Waals surface area contributed by atoms with E-state index in [1.54, 1.807) is 24.3 Å².